The van der Waals surface area contributed by atoms with Crippen LogP contribution in [-0.2, 0) is 4.79 Å². The monoisotopic (exact) mass is 335 g/mol. The first kappa shape index (κ1) is 16.7. The zero-order chi connectivity index (χ0) is 17.8. The molecule has 1 amide bonds. The Bertz CT molecular complexity index is 863. The molecular formula is C19H21N5O. The number of imidazole rings is 1. The molecule has 3 rings (SSSR count). The Morgan fingerprint density at radius 2 is 1.88 bits per heavy atom. The van der Waals surface area contributed by atoms with Gasteiger partial charge in [-0.3, -0.25) is 15.1 Å². The van der Waals surface area contributed by atoms with E-state index < -0.39 is 0 Å². The van der Waals surface area contributed by atoms with Crippen molar-refractivity contribution in [2.75, 3.05) is 17.2 Å². The highest BCUT2D eigenvalue weighted by Crippen LogP contribution is 2.21. The predicted octanol–water partition coefficient (Wildman–Crippen LogP) is 3.45. The van der Waals surface area contributed by atoms with Crippen LogP contribution in [0, 0.1) is 20.8 Å². The number of hydrogen-bond acceptors (Lipinski definition) is 4. The third-order valence-electron chi connectivity index (χ3n) is 3.88. The summed E-state index contributed by atoms with van der Waals surface area (Å²) >= 11 is 0. The Hall–Kier alpha value is -3.15. The van der Waals surface area contributed by atoms with Crippen LogP contribution in [0.4, 0.5) is 11.6 Å². The van der Waals surface area contributed by atoms with E-state index >= 15 is 0 Å². The van der Waals surface area contributed by atoms with Crippen LogP contribution in [0.25, 0.3) is 11.4 Å². The zero-order valence-electron chi connectivity index (χ0n) is 14.6. The maximum atomic E-state index is 12.2. The van der Waals surface area contributed by atoms with E-state index in [1.165, 1.54) is 5.56 Å². The van der Waals surface area contributed by atoms with Gasteiger partial charge in [-0.25, -0.2) is 4.98 Å². The smallest absolute Gasteiger partial charge is 0.245 e. The van der Waals surface area contributed by atoms with Crippen molar-refractivity contribution in [3.8, 4) is 11.4 Å². The molecule has 0 aliphatic rings. The number of benzene rings is 1. The van der Waals surface area contributed by atoms with E-state index in [0.29, 0.717) is 5.95 Å². The fourth-order valence-corrected chi connectivity index (χ4v) is 2.84. The van der Waals surface area contributed by atoms with Crippen molar-refractivity contribution in [3.63, 3.8) is 0 Å². The lowest BCUT2D eigenvalue weighted by Gasteiger charge is -2.13. The second-order valence-corrected chi connectivity index (χ2v) is 6.04. The summed E-state index contributed by atoms with van der Waals surface area (Å²) < 4.78 is 0. The van der Waals surface area contributed by atoms with Crippen molar-refractivity contribution in [1.82, 2.24) is 15.0 Å². The number of nitrogens with zero attached hydrogens (tertiary/aromatic N) is 2. The number of rotatable bonds is 5. The van der Waals surface area contributed by atoms with Crippen molar-refractivity contribution in [2.24, 2.45) is 0 Å². The lowest BCUT2D eigenvalue weighted by molar-refractivity contribution is -0.114. The number of aromatic nitrogens is 3. The molecule has 2 heterocycles. The van der Waals surface area contributed by atoms with Gasteiger partial charge >= 0.3 is 0 Å². The summed E-state index contributed by atoms with van der Waals surface area (Å²) in [5.74, 6) is 0.242. The van der Waals surface area contributed by atoms with Crippen molar-refractivity contribution in [3.05, 3.63) is 59.4 Å². The highest BCUT2D eigenvalue weighted by molar-refractivity contribution is 5.92. The summed E-state index contributed by atoms with van der Waals surface area (Å²) in [5.41, 5.74) is 5.99. The van der Waals surface area contributed by atoms with Crippen molar-refractivity contribution in [1.29, 1.82) is 0 Å². The van der Waals surface area contributed by atoms with Gasteiger partial charge in [0.25, 0.3) is 0 Å². The van der Waals surface area contributed by atoms with Gasteiger partial charge in [0, 0.05) is 11.9 Å². The van der Waals surface area contributed by atoms with Gasteiger partial charge in [-0.2, -0.15) is 0 Å². The minimum absolute atomic E-state index is 0.165. The summed E-state index contributed by atoms with van der Waals surface area (Å²) in [6, 6.07) is 9.82. The molecule has 2 aromatic heterocycles. The highest BCUT2D eigenvalue weighted by Gasteiger charge is 2.09. The predicted molar refractivity (Wildman–Crippen MR) is 99.6 cm³/mol. The number of anilines is 2. The first-order chi connectivity index (χ1) is 12.0. The molecule has 3 N–H and O–H groups in total. The quantitative estimate of drug-likeness (QED) is 0.667. The molecule has 0 aliphatic carbocycles. The van der Waals surface area contributed by atoms with Crippen LogP contribution in [0.1, 0.15) is 16.7 Å². The van der Waals surface area contributed by atoms with Crippen LogP contribution >= 0.6 is 0 Å². The molecule has 6 heteroatoms. The lowest BCUT2D eigenvalue weighted by Crippen LogP contribution is -2.23. The molecule has 1 aromatic carbocycles. The molecular weight excluding hydrogens is 314 g/mol. The number of hydrogen-bond donors (Lipinski definition) is 3. The number of H-pyrrole nitrogens is 1. The third kappa shape index (κ3) is 4.03. The van der Waals surface area contributed by atoms with Crippen molar-refractivity contribution >= 4 is 17.5 Å². The Labute approximate surface area is 146 Å². The molecule has 0 atom stereocenters. The lowest BCUT2D eigenvalue weighted by atomic mass is 10.1. The summed E-state index contributed by atoms with van der Waals surface area (Å²) in [4.78, 5) is 23.7. The second-order valence-electron chi connectivity index (χ2n) is 6.04. The molecule has 0 bridgehead atoms. The number of amides is 1. The number of aromatic amines is 1. The Morgan fingerprint density at radius 3 is 2.56 bits per heavy atom. The molecule has 0 fully saturated rings. The number of carbonyl (C=O) groups excluding carboxylic acids is 1. The fourth-order valence-electron chi connectivity index (χ4n) is 2.84. The molecule has 0 unspecified atom stereocenters. The number of aryl methyl sites for hydroxylation is 3. The van der Waals surface area contributed by atoms with E-state index in [-0.39, 0.29) is 12.5 Å². The Morgan fingerprint density at radius 1 is 1.12 bits per heavy atom. The van der Waals surface area contributed by atoms with Crippen LogP contribution in [0.3, 0.4) is 0 Å². The summed E-state index contributed by atoms with van der Waals surface area (Å²) in [7, 11) is 0. The molecule has 0 spiro atoms. The van der Waals surface area contributed by atoms with Gasteiger partial charge in [0.05, 0.1) is 24.1 Å². The minimum Gasteiger partial charge on any atom is -0.376 e. The normalized spacial score (nSPS) is 10.5. The molecule has 128 valence electrons. The first-order valence-corrected chi connectivity index (χ1v) is 8.11. The topological polar surface area (TPSA) is 82.7 Å². The Kier molecular flexibility index (Phi) is 4.79. The van der Waals surface area contributed by atoms with E-state index in [2.05, 4.69) is 44.6 Å². The average molecular weight is 335 g/mol. The minimum atomic E-state index is -0.165. The molecule has 3 aromatic rings. The molecule has 0 saturated carbocycles. The standard InChI is InChI=1S/C19H21N5O/c1-12-8-13(2)18(14(3)9-12)21-11-17(25)24-19-22-10-16(23-19)15-6-4-5-7-20-15/h4-10,21H,11H2,1-3H3,(H2,22,23,24,25). The first-order valence-electron chi connectivity index (χ1n) is 8.11. The number of nitrogens with one attached hydrogen (secondary N) is 3. The highest BCUT2D eigenvalue weighted by atomic mass is 16.2. The summed E-state index contributed by atoms with van der Waals surface area (Å²) in [6.07, 6.45) is 3.37. The van der Waals surface area contributed by atoms with E-state index in [0.717, 1.165) is 28.2 Å². The van der Waals surface area contributed by atoms with E-state index in [1.54, 1.807) is 12.4 Å². The van der Waals surface area contributed by atoms with Crippen LogP contribution in [-0.4, -0.2) is 27.4 Å². The van der Waals surface area contributed by atoms with Crippen molar-refractivity contribution in [2.45, 2.75) is 20.8 Å². The van der Waals surface area contributed by atoms with Gasteiger partial charge in [-0.1, -0.05) is 23.8 Å². The van der Waals surface area contributed by atoms with E-state index in [4.69, 9.17) is 0 Å². The van der Waals surface area contributed by atoms with Crippen LogP contribution in [0.2, 0.25) is 0 Å². The molecule has 0 saturated heterocycles. The molecule has 0 aliphatic heterocycles. The SMILES string of the molecule is Cc1cc(C)c(NCC(=O)Nc2ncc(-c3ccccn3)[nH]2)c(C)c1. The number of carbonyl (C=O) groups is 1. The maximum absolute atomic E-state index is 12.2. The van der Waals surface area contributed by atoms with Gasteiger partial charge in [0.1, 0.15) is 0 Å². The average Bonchev–Trinajstić information content (AvgIpc) is 3.03. The fraction of sp³-hybridized carbons (Fsp3) is 0.211. The number of pyridine rings is 1. The van der Waals surface area contributed by atoms with Gasteiger partial charge < -0.3 is 10.3 Å². The van der Waals surface area contributed by atoms with Gasteiger partial charge in [-0.15, -0.1) is 0 Å². The van der Waals surface area contributed by atoms with Crippen molar-refractivity contribution < 1.29 is 4.79 Å². The van der Waals surface area contributed by atoms with E-state index in [9.17, 15) is 4.79 Å². The van der Waals surface area contributed by atoms with E-state index in [1.807, 2.05) is 32.0 Å². The molecule has 25 heavy (non-hydrogen) atoms. The van der Waals surface area contributed by atoms with Crippen LogP contribution in [0.5, 0.6) is 0 Å². The largest absolute Gasteiger partial charge is 0.376 e. The van der Waals surface area contributed by atoms with Crippen LogP contribution in [0.15, 0.2) is 42.7 Å². The molecule has 0 radical (unpaired) electrons. The van der Waals surface area contributed by atoms with Gasteiger partial charge in [0.15, 0.2) is 0 Å². The third-order valence-corrected chi connectivity index (χ3v) is 3.88. The van der Waals surface area contributed by atoms with Gasteiger partial charge in [0.2, 0.25) is 11.9 Å². The maximum Gasteiger partial charge on any atom is 0.245 e. The Balaban J connectivity index is 1.61. The van der Waals surface area contributed by atoms with Crippen LogP contribution < -0.4 is 10.6 Å². The zero-order valence-corrected chi connectivity index (χ0v) is 14.6. The second kappa shape index (κ2) is 7.17. The van der Waals surface area contributed by atoms with Gasteiger partial charge in [-0.05, 0) is 44.0 Å². The summed E-state index contributed by atoms with van der Waals surface area (Å²) in [6.45, 7) is 6.30. The molecule has 6 nitrogen and oxygen atoms in total. The summed E-state index contributed by atoms with van der Waals surface area (Å²) in [5, 5.41) is 5.96.